The molecule has 0 saturated heterocycles. The van der Waals surface area contributed by atoms with Crippen molar-refractivity contribution in [2.45, 2.75) is 32.9 Å². The Bertz CT molecular complexity index is 853. The molecule has 0 radical (unpaired) electrons. The van der Waals surface area contributed by atoms with Gasteiger partial charge in [0.15, 0.2) is 5.82 Å². The first-order valence-electron chi connectivity index (χ1n) is 8.29. The standard InChI is InChI=1S/C18H23N5O2/c1-5-15(18-20-12(2)21-25-18)23-9-8-19-17(23)13-6-7-16(24)14(10-13)11-22(3)4/h6-10,15,24H,5,11H2,1-4H3. The summed E-state index contributed by atoms with van der Waals surface area (Å²) in [4.78, 5) is 10.9. The van der Waals surface area contributed by atoms with Crippen molar-refractivity contribution in [2.75, 3.05) is 14.1 Å². The molecule has 2 aromatic heterocycles. The summed E-state index contributed by atoms with van der Waals surface area (Å²) in [6, 6.07) is 5.48. The number of hydrogen-bond donors (Lipinski definition) is 1. The number of hydrogen-bond acceptors (Lipinski definition) is 6. The zero-order chi connectivity index (χ0) is 18.0. The summed E-state index contributed by atoms with van der Waals surface area (Å²) in [5.41, 5.74) is 1.80. The highest BCUT2D eigenvalue weighted by Gasteiger charge is 2.22. The molecule has 7 nitrogen and oxygen atoms in total. The quantitative estimate of drug-likeness (QED) is 0.742. The zero-order valence-electron chi connectivity index (χ0n) is 15.0. The number of rotatable bonds is 6. The van der Waals surface area contributed by atoms with E-state index in [9.17, 15) is 5.11 Å². The molecule has 25 heavy (non-hydrogen) atoms. The SMILES string of the molecule is CCC(c1nc(C)no1)n1ccnc1-c1ccc(O)c(CN(C)C)c1. The van der Waals surface area contributed by atoms with Gasteiger partial charge in [-0.1, -0.05) is 12.1 Å². The minimum Gasteiger partial charge on any atom is -0.508 e. The van der Waals surface area contributed by atoms with E-state index in [1.165, 1.54) is 0 Å². The molecule has 0 fully saturated rings. The third-order valence-corrected chi connectivity index (χ3v) is 4.04. The van der Waals surface area contributed by atoms with Crippen LogP contribution in [0, 0.1) is 6.92 Å². The molecule has 3 aromatic rings. The van der Waals surface area contributed by atoms with E-state index in [0.717, 1.165) is 23.4 Å². The van der Waals surface area contributed by atoms with Gasteiger partial charge in [-0.2, -0.15) is 4.98 Å². The van der Waals surface area contributed by atoms with Gasteiger partial charge in [-0.15, -0.1) is 0 Å². The molecule has 0 spiro atoms. The molecule has 0 amide bonds. The molecular weight excluding hydrogens is 318 g/mol. The van der Waals surface area contributed by atoms with E-state index >= 15 is 0 Å². The van der Waals surface area contributed by atoms with Crippen LogP contribution in [0.3, 0.4) is 0 Å². The molecule has 0 bridgehead atoms. The number of nitrogens with zero attached hydrogens (tertiary/aromatic N) is 5. The second-order valence-corrected chi connectivity index (χ2v) is 6.34. The van der Waals surface area contributed by atoms with Crippen LogP contribution in [0.1, 0.15) is 36.7 Å². The number of aryl methyl sites for hydroxylation is 1. The Morgan fingerprint density at radius 3 is 2.76 bits per heavy atom. The van der Waals surface area contributed by atoms with Crippen molar-refractivity contribution in [3.63, 3.8) is 0 Å². The Hall–Kier alpha value is -2.67. The fourth-order valence-electron chi connectivity index (χ4n) is 2.92. The molecule has 3 rings (SSSR count). The van der Waals surface area contributed by atoms with E-state index in [-0.39, 0.29) is 11.8 Å². The normalized spacial score (nSPS) is 12.7. The number of phenols is 1. The predicted molar refractivity (Wildman–Crippen MR) is 94.2 cm³/mol. The van der Waals surface area contributed by atoms with E-state index in [1.807, 2.05) is 48.8 Å². The fraction of sp³-hybridized carbons (Fsp3) is 0.389. The van der Waals surface area contributed by atoms with E-state index < -0.39 is 0 Å². The minimum absolute atomic E-state index is 0.0789. The Kier molecular flexibility index (Phi) is 4.85. The third-order valence-electron chi connectivity index (χ3n) is 4.04. The molecular formula is C18H23N5O2. The molecule has 1 atom stereocenters. The van der Waals surface area contributed by atoms with Gasteiger partial charge in [0.25, 0.3) is 0 Å². The first kappa shape index (κ1) is 17.2. The minimum atomic E-state index is -0.0789. The molecule has 1 unspecified atom stereocenters. The molecule has 1 aromatic carbocycles. The van der Waals surface area contributed by atoms with Gasteiger partial charge in [0.1, 0.15) is 17.6 Å². The zero-order valence-corrected chi connectivity index (χ0v) is 15.0. The van der Waals surface area contributed by atoms with Crippen LogP contribution < -0.4 is 0 Å². The number of aromatic nitrogens is 4. The molecule has 1 N–H and O–H groups in total. The predicted octanol–water partition coefficient (Wildman–Crippen LogP) is 3.01. The van der Waals surface area contributed by atoms with Crippen molar-refractivity contribution in [1.29, 1.82) is 0 Å². The summed E-state index contributed by atoms with van der Waals surface area (Å²) in [5, 5.41) is 14.0. The Morgan fingerprint density at radius 2 is 2.12 bits per heavy atom. The van der Waals surface area contributed by atoms with Gasteiger partial charge < -0.3 is 19.1 Å². The lowest BCUT2D eigenvalue weighted by Gasteiger charge is -2.17. The first-order chi connectivity index (χ1) is 12.0. The lowest BCUT2D eigenvalue weighted by Crippen LogP contribution is -2.12. The smallest absolute Gasteiger partial charge is 0.249 e. The van der Waals surface area contributed by atoms with Crippen LogP contribution in [0.25, 0.3) is 11.4 Å². The topological polar surface area (TPSA) is 80.2 Å². The van der Waals surface area contributed by atoms with Crippen molar-refractivity contribution >= 4 is 0 Å². The molecule has 7 heteroatoms. The van der Waals surface area contributed by atoms with Crippen molar-refractivity contribution in [3.8, 4) is 17.1 Å². The van der Waals surface area contributed by atoms with Gasteiger partial charge in [-0.25, -0.2) is 4.98 Å². The molecule has 0 aliphatic carbocycles. The first-order valence-corrected chi connectivity index (χ1v) is 8.29. The highest BCUT2D eigenvalue weighted by atomic mass is 16.5. The summed E-state index contributed by atoms with van der Waals surface area (Å²) in [6.07, 6.45) is 4.48. The summed E-state index contributed by atoms with van der Waals surface area (Å²) in [6.45, 7) is 4.53. The van der Waals surface area contributed by atoms with Crippen LogP contribution in [0.15, 0.2) is 35.1 Å². The molecule has 0 aliphatic rings. The third kappa shape index (κ3) is 3.56. The van der Waals surface area contributed by atoms with E-state index in [2.05, 4.69) is 22.0 Å². The van der Waals surface area contributed by atoms with Crippen LogP contribution >= 0.6 is 0 Å². The summed E-state index contributed by atoms with van der Waals surface area (Å²) < 4.78 is 7.41. The van der Waals surface area contributed by atoms with Gasteiger partial charge in [-0.05, 0) is 45.6 Å². The average molecular weight is 341 g/mol. The van der Waals surface area contributed by atoms with E-state index in [0.29, 0.717) is 18.3 Å². The summed E-state index contributed by atoms with van der Waals surface area (Å²) >= 11 is 0. The lowest BCUT2D eigenvalue weighted by atomic mass is 10.1. The van der Waals surface area contributed by atoms with E-state index in [1.54, 1.807) is 12.3 Å². The maximum atomic E-state index is 10.1. The van der Waals surface area contributed by atoms with Gasteiger partial charge in [0.2, 0.25) is 5.89 Å². The fourth-order valence-corrected chi connectivity index (χ4v) is 2.92. The number of aromatic hydroxyl groups is 1. The maximum absolute atomic E-state index is 10.1. The van der Waals surface area contributed by atoms with Crippen LogP contribution in [0.5, 0.6) is 5.75 Å². The van der Waals surface area contributed by atoms with Crippen LogP contribution in [0.2, 0.25) is 0 Å². The lowest BCUT2D eigenvalue weighted by molar-refractivity contribution is 0.331. The van der Waals surface area contributed by atoms with Gasteiger partial charge in [0.05, 0.1) is 0 Å². The van der Waals surface area contributed by atoms with Crippen molar-refractivity contribution in [1.82, 2.24) is 24.6 Å². The summed E-state index contributed by atoms with van der Waals surface area (Å²) in [5.74, 6) is 2.29. The number of benzene rings is 1. The van der Waals surface area contributed by atoms with E-state index in [4.69, 9.17) is 4.52 Å². The van der Waals surface area contributed by atoms with Crippen LogP contribution in [-0.2, 0) is 6.54 Å². The molecule has 132 valence electrons. The Morgan fingerprint density at radius 1 is 1.32 bits per heavy atom. The molecule has 0 aliphatic heterocycles. The van der Waals surface area contributed by atoms with Crippen molar-refractivity contribution in [3.05, 3.63) is 47.9 Å². The van der Waals surface area contributed by atoms with Gasteiger partial charge >= 0.3 is 0 Å². The second kappa shape index (κ2) is 7.06. The largest absolute Gasteiger partial charge is 0.508 e. The average Bonchev–Trinajstić information content (AvgIpc) is 3.20. The maximum Gasteiger partial charge on any atom is 0.249 e. The summed E-state index contributed by atoms with van der Waals surface area (Å²) in [7, 11) is 3.94. The highest BCUT2D eigenvalue weighted by Crippen LogP contribution is 2.30. The van der Waals surface area contributed by atoms with Gasteiger partial charge in [-0.3, -0.25) is 0 Å². The Balaban J connectivity index is 2.01. The number of phenolic OH excluding ortho intramolecular Hbond substituents is 1. The van der Waals surface area contributed by atoms with Gasteiger partial charge in [0, 0.05) is 30.1 Å². The highest BCUT2D eigenvalue weighted by molar-refractivity contribution is 5.59. The van der Waals surface area contributed by atoms with Crippen molar-refractivity contribution in [2.24, 2.45) is 0 Å². The number of imidazole rings is 1. The Labute approximate surface area is 146 Å². The monoisotopic (exact) mass is 341 g/mol. The van der Waals surface area contributed by atoms with Crippen LogP contribution in [0.4, 0.5) is 0 Å². The molecule has 0 saturated carbocycles. The molecule has 2 heterocycles. The van der Waals surface area contributed by atoms with Crippen molar-refractivity contribution < 1.29 is 9.63 Å². The second-order valence-electron chi connectivity index (χ2n) is 6.34. The van der Waals surface area contributed by atoms with Crippen LogP contribution in [-0.4, -0.2) is 43.8 Å².